The molecule has 8 rings (SSSR count). The second-order valence-corrected chi connectivity index (χ2v) is 23.8. The predicted octanol–water partition coefficient (Wildman–Crippen LogP) is 4.90. The van der Waals surface area contributed by atoms with Crippen molar-refractivity contribution >= 4 is 52.7 Å². The van der Waals surface area contributed by atoms with Crippen LogP contribution in [0, 0.1) is 12.3 Å². The summed E-state index contributed by atoms with van der Waals surface area (Å²) in [5.74, 6) is -3.61. The summed E-state index contributed by atoms with van der Waals surface area (Å²) in [6.45, 7) is 9.42. The van der Waals surface area contributed by atoms with E-state index >= 15 is 0 Å². The first kappa shape index (κ1) is 65.3. The average molecular weight is 1220 g/mol. The van der Waals surface area contributed by atoms with E-state index in [1.807, 2.05) is 49.4 Å². The van der Waals surface area contributed by atoms with Gasteiger partial charge in [-0.3, -0.25) is 33.6 Å². The van der Waals surface area contributed by atoms with Crippen LogP contribution in [0.15, 0.2) is 82.8 Å². The summed E-state index contributed by atoms with van der Waals surface area (Å²) in [7, 11) is 1.56. The Labute approximate surface area is 508 Å². The molecular formula is C62H78FN9O14S. The number of phenolic OH excluding ortho intramolecular Hbond substituents is 1. The number of aryl methyl sites for hydroxylation is 2. The van der Waals surface area contributed by atoms with Gasteiger partial charge in [0.2, 0.25) is 23.6 Å². The summed E-state index contributed by atoms with van der Waals surface area (Å²) < 4.78 is 42.4. The van der Waals surface area contributed by atoms with Crippen LogP contribution in [-0.4, -0.2) is 181 Å². The Morgan fingerprint density at radius 1 is 0.851 bits per heavy atom. The van der Waals surface area contributed by atoms with Crippen molar-refractivity contribution in [3.63, 3.8) is 0 Å². The van der Waals surface area contributed by atoms with Crippen molar-refractivity contribution in [2.75, 3.05) is 86.1 Å². The highest BCUT2D eigenvalue weighted by atomic mass is 32.1. The molecule has 1 saturated carbocycles. The number of nitrogens with one attached hydrogen (secondary N) is 5. The first-order valence-corrected chi connectivity index (χ1v) is 30.1. The number of likely N-dealkylation sites (tertiary alicyclic amines) is 1. The third-order valence-electron chi connectivity index (χ3n) is 15.3. The van der Waals surface area contributed by atoms with Crippen molar-refractivity contribution in [1.82, 2.24) is 46.5 Å². The number of amides is 7. The number of hydrogen-bond donors (Lipinski definition) is 7. The molecule has 0 unspecified atom stereocenters. The van der Waals surface area contributed by atoms with Gasteiger partial charge in [0.25, 0.3) is 17.7 Å². The molecule has 5 atom stereocenters. The summed E-state index contributed by atoms with van der Waals surface area (Å²) in [5, 5.41) is 39.6. The number of rotatable bonds is 31. The number of thiazole rings is 1. The number of hydrogen-bond acceptors (Lipinski definition) is 17. The predicted molar refractivity (Wildman–Crippen MR) is 318 cm³/mol. The third kappa shape index (κ3) is 18.0. The fourth-order valence-corrected chi connectivity index (χ4v) is 11.0. The Balaban J connectivity index is 0.664. The number of aliphatic hydroxyl groups excluding tert-OH is 1. The molecule has 3 heterocycles. The smallest absolute Gasteiger partial charge is 0.273 e. The van der Waals surface area contributed by atoms with Crippen LogP contribution >= 0.6 is 11.3 Å². The van der Waals surface area contributed by atoms with Crippen LogP contribution in [0.5, 0.6) is 5.75 Å². The lowest BCUT2D eigenvalue weighted by atomic mass is 9.85. The molecule has 1 aliphatic heterocycles. The molecule has 3 aliphatic rings. The number of nitrogens with zero attached hydrogens (tertiary/aromatic N) is 4. The maximum Gasteiger partial charge on any atom is 0.273 e. The van der Waals surface area contributed by atoms with Crippen LogP contribution in [0.4, 0.5) is 4.39 Å². The van der Waals surface area contributed by atoms with E-state index in [1.54, 1.807) is 39.4 Å². The SMILES string of the molecule is Cc1ncsc1-c1ccc([C@H](CC(=O)NCCOCCOCCOCCOCCC(=O)NCCN(C)C(=O)c2ccc(-c3cc(C(=O)N[C@@H]4CCc5ccccc54)no3)cc2O)NC(=O)[C@@H]2C[C@@H](O)CN2C(=O)[C@@H](NC(=O)C2(F)CC2)C(C)(C)C)cc1. The Kier molecular flexibility index (Phi) is 22.7. The van der Waals surface area contributed by atoms with Gasteiger partial charge >= 0.3 is 0 Å². The van der Waals surface area contributed by atoms with Crippen molar-refractivity contribution in [1.29, 1.82) is 0 Å². The molecule has 7 amide bonds. The van der Waals surface area contributed by atoms with Gasteiger partial charge in [-0.25, -0.2) is 9.37 Å². The molecule has 0 spiro atoms. The van der Waals surface area contributed by atoms with Gasteiger partial charge in [-0.15, -0.1) is 11.3 Å². The number of halogens is 1. The molecule has 23 nitrogen and oxygen atoms in total. The average Bonchev–Trinajstić information content (AvgIpc) is 2.53. The molecule has 5 aromatic rings. The van der Waals surface area contributed by atoms with Gasteiger partial charge in [-0.05, 0) is 72.4 Å². The molecule has 25 heteroatoms. The van der Waals surface area contributed by atoms with Gasteiger partial charge < -0.3 is 70.1 Å². The lowest BCUT2D eigenvalue weighted by molar-refractivity contribution is -0.145. The van der Waals surface area contributed by atoms with Crippen molar-refractivity contribution in [2.45, 2.75) is 109 Å². The summed E-state index contributed by atoms with van der Waals surface area (Å²) in [4.78, 5) is 101. The van der Waals surface area contributed by atoms with E-state index in [2.05, 4.69) is 42.8 Å². The standard InChI is InChI=1S/C62H78FN9O14S/c1-38-54(87-37-66-38)41-12-10-40(11-13-41)47(68-57(78)49-33-43(73)36-72(49)59(80)55(61(2,3)4)69-60(81)62(63)19-20-62)35-53(76)65-22-25-83-27-29-85-31-30-84-28-26-82-24-18-52(75)64-21-23-71(5)58(79)45-16-14-42(32-50(45)74)51-34-48(70-86-51)56(77)67-46-17-15-39-8-6-7-9-44(39)46/h6-14,16,32,34,37,43,46-47,49,55,73-74H,15,17-31,33,35-36H2,1-5H3,(H,64,75)(H,65,76)(H,67,77)(H,68,78)(H,69,81)/t43-,46-,47+,49+,55-/m1/s1. The number of β-amino-alcohol motifs (C(OH)–C–C–N with tert-alkyl or cyclic N) is 1. The van der Waals surface area contributed by atoms with Crippen LogP contribution in [0.2, 0.25) is 0 Å². The molecule has 3 aromatic carbocycles. The molecule has 7 N–H and O–H groups in total. The van der Waals surface area contributed by atoms with Crippen molar-refractivity contribution in [3.8, 4) is 27.5 Å². The zero-order chi connectivity index (χ0) is 62.3. The number of benzene rings is 3. The van der Waals surface area contributed by atoms with E-state index in [0.717, 1.165) is 34.5 Å². The maximum absolute atomic E-state index is 14.7. The molecule has 1 saturated heterocycles. The summed E-state index contributed by atoms with van der Waals surface area (Å²) in [6.07, 6.45) is 0.621. The minimum Gasteiger partial charge on any atom is -0.507 e. The van der Waals surface area contributed by atoms with Crippen LogP contribution in [-0.2, 0) is 49.3 Å². The number of aromatic hydroxyl groups is 1. The summed E-state index contributed by atoms with van der Waals surface area (Å²) in [5.41, 5.74) is 4.14. The number of aliphatic hydroxyl groups is 1. The molecule has 468 valence electrons. The molecule has 2 fully saturated rings. The normalized spacial score (nSPS) is 17.4. The van der Waals surface area contributed by atoms with Crippen LogP contribution in [0.25, 0.3) is 21.8 Å². The Bertz CT molecular complexity index is 3200. The zero-order valence-corrected chi connectivity index (χ0v) is 50.5. The highest BCUT2D eigenvalue weighted by molar-refractivity contribution is 7.13. The van der Waals surface area contributed by atoms with E-state index in [9.17, 15) is 48.2 Å². The second kappa shape index (κ2) is 30.3. The van der Waals surface area contributed by atoms with E-state index in [1.165, 1.54) is 44.9 Å². The number of ether oxygens (including phenoxy) is 4. The first-order valence-electron chi connectivity index (χ1n) is 29.3. The lowest BCUT2D eigenvalue weighted by Crippen LogP contribution is -2.59. The number of phenols is 1. The van der Waals surface area contributed by atoms with Crippen LogP contribution in [0.1, 0.15) is 115 Å². The van der Waals surface area contributed by atoms with Gasteiger partial charge in [0, 0.05) is 57.7 Å². The van der Waals surface area contributed by atoms with Gasteiger partial charge in [0.1, 0.15) is 17.8 Å². The quantitative estimate of drug-likeness (QED) is 0.0290. The molecule has 0 radical (unpaired) electrons. The number of carbonyl (C=O) groups is 7. The third-order valence-corrected chi connectivity index (χ3v) is 16.3. The van der Waals surface area contributed by atoms with Gasteiger partial charge in [-0.1, -0.05) is 80.5 Å². The lowest BCUT2D eigenvalue weighted by Gasteiger charge is -2.36. The Morgan fingerprint density at radius 3 is 2.18 bits per heavy atom. The van der Waals surface area contributed by atoms with E-state index in [4.69, 9.17) is 23.5 Å². The van der Waals surface area contributed by atoms with Gasteiger partial charge in [-0.2, -0.15) is 0 Å². The molecule has 0 bridgehead atoms. The Morgan fingerprint density at radius 2 is 1.52 bits per heavy atom. The fourth-order valence-electron chi connectivity index (χ4n) is 10.2. The van der Waals surface area contributed by atoms with Gasteiger partial charge in [0.15, 0.2) is 17.1 Å². The number of alkyl halides is 1. The minimum atomic E-state index is -2.02. The van der Waals surface area contributed by atoms with Crippen molar-refractivity contribution < 1.29 is 71.6 Å². The summed E-state index contributed by atoms with van der Waals surface area (Å²) in [6, 6.07) is 18.0. The van der Waals surface area contributed by atoms with Gasteiger partial charge in [0.05, 0.1) is 99.1 Å². The largest absolute Gasteiger partial charge is 0.507 e. The minimum absolute atomic E-state index is 0.0501. The maximum atomic E-state index is 14.7. The molecule has 2 aromatic heterocycles. The highest BCUT2D eigenvalue weighted by Gasteiger charge is 2.53. The monoisotopic (exact) mass is 1220 g/mol. The topological polar surface area (TPSA) is 302 Å². The van der Waals surface area contributed by atoms with Crippen molar-refractivity contribution in [2.24, 2.45) is 5.41 Å². The Hall–Kier alpha value is -7.68. The molecular weight excluding hydrogens is 1150 g/mol. The number of aromatic nitrogens is 2. The zero-order valence-electron chi connectivity index (χ0n) is 49.7. The van der Waals surface area contributed by atoms with E-state index < -0.39 is 58.9 Å². The summed E-state index contributed by atoms with van der Waals surface area (Å²) >= 11 is 1.49. The number of carbonyl (C=O) groups excluding carboxylic acids is 7. The molecule has 2 aliphatic carbocycles. The van der Waals surface area contributed by atoms with E-state index in [-0.39, 0.29) is 144 Å². The van der Waals surface area contributed by atoms with Crippen LogP contribution in [0.3, 0.4) is 0 Å². The van der Waals surface area contributed by atoms with E-state index in [0.29, 0.717) is 24.3 Å². The van der Waals surface area contributed by atoms with Crippen LogP contribution < -0.4 is 26.6 Å². The highest BCUT2D eigenvalue weighted by Crippen LogP contribution is 2.41. The first-order chi connectivity index (χ1) is 41.7. The van der Waals surface area contributed by atoms with Crippen molar-refractivity contribution in [3.05, 3.63) is 112 Å². The fraction of sp³-hybridized carbons (Fsp3) is 0.500. The number of fused-ring (bicyclic) bond motifs is 1. The molecule has 87 heavy (non-hydrogen) atoms. The second-order valence-electron chi connectivity index (χ2n) is 23.0. The number of likely N-dealkylation sites (N-methyl/N-ethyl adjacent to an activating group) is 1.